The minimum Gasteiger partial charge on any atom is -0.385 e. The van der Waals surface area contributed by atoms with Crippen molar-refractivity contribution in [2.24, 2.45) is 5.73 Å². The molecule has 0 aromatic rings. The number of unbranched alkanes of at least 4 members (excludes halogenated alkanes) is 1. The zero-order valence-corrected chi connectivity index (χ0v) is 9.01. The maximum Gasteiger partial charge on any atom is 0.0474 e. The van der Waals surface area contributed by atoms with E-state index in [1.165, 1.54) is 12.8 Å². The van der Waals surface area contributed by atoms with Gasteiger partial charge in [-0.05, 0) is 19.4 Å². The zero-order chi connectivity index (χ0) is 9.94. The molecular formula is C10H24N2O. The lowest BCUT2D eigenvalue weighted by Crippen LogP contribution is -2.34. The van der Waals surface area contributed by atoms with E-state index in [0.717, 1.165) is 32.5 Å². The predicted octanol–water partition coefficient (Wildman–Crippen LogP) is 1.13. The summed E-state index contributed by atoms with van der Waals surface area (Å²) in [5, 5.41) is 3.32. The third kappa shape index (κ3) is 9.80. The van der Waals surface area contributed by atoms with E-state index in [0.29, 0.717) is 6.04 Å². The van der Waals surface area contributed by atoms with Crippen LogP contribution in [0.4, 0.5) is 0 Å². The predicted molar refractivity (Wildman–Crippen MR) is 56.9 cm³/mol. The largest absolute Gasteiger partial charge is 0.385 e. The van der Waals surface area contributed by atoms with Crippen molar-refractivity contribution in [1.82, 2.24) is 5.32 Å². The SMILES string of the molecule is CCCCC(N)CNCCCOC. The quantitative estimate of drug-likeness (QED) is 0.533. The van der Waals surface area contributed by atoms with Gasteiger partial charge in [0.2, 0.25) is 0 Å². The lowest BCUT2D eigenvalue weighted by atomic mass is 10.1. The standard InChI is InChI=1S/C10H24N2O/c1-3-4-6-10(11)9-12-7-5-8-13-2/h10,12H,3-9,11H2,1-2H3. The maximum atomic E-state index is 5.88. The number of hydrogen-bond donors (Lipinski definition) is 2. The molecule has 13 heavy (non-hydrogen) atoms. The second kappa shape index (κ2) is 9.96. The first-order valence-electron chi connectivity index (χ1n) is 5.26. The normalized spacial score (nSPS) is 13.2. The van der Waals surface area contributed by atoms with E-state index >= 15 is 0 Å². The number of nitrogens with one attached hydrogen (secondary N) is 1. The Morgan fingerprint density at radius 1 is 1.38 bits per heavy atom. The molecule has 0 aliphatic rings. The summed E-state index contributed by atoms with van der Waals surface area (Å²) in [6, 6.07) is 0.322. The highest BCUT2D eigenvalue weighted by molar-refractivity contribution is 4.63. The van der Waals surface area contributed by atoms with Crippen LogP contribution in [-0.4, -0.2) is 32.8 Å². The van der Waals surface area contributed by atoms with Gasteiger partial charge < -0.3 is 15.8 Å². The van der Waals surface area contributed by atoms with Gasteiger partial charge in [0.15, 0.2) is 0 Å². The molecule has 0 aliphatic carbocycles. The molecule has 0 saturated heterocycles. The molecule has 0 rings (SSSR count). The molecule has 0 bridgehead atoms. The highest BCUT2D eigenvalue weighted by atomic mass is 16.5. The molecule has 0 fully saturated rings. The number of ether oxygens (including phenoxy) is 1. The van der Waals surface area contributed by atoms with Crippen molar-refractivity contribution in [3.05, 3.63) is 0 Å². The molecule has 0 amide bonds. The van der Waals surface area contributed by atoms with Crippen molar-refractivity contribution in [3.8, 4) is 0 Å². The van der Waals surface area contributed by atoms with Crippen LogP contribution in [0.15, 0.2) is 0 Å². The van der Waals surface area contributed by atoms with Gasteiger partial charge in [-0.15, -0.1) is 0 Å². The fraction of sp³-hybridized carbons (Fsp3) is 1.00. The molecule has 0 saturated carbocycles. The average molecular weight is 188 g/mol. The van der Waals surface area contributed by atoms with Crippen molar-refractivity contribution >= 4 is 0 Å². The number of rotatable bonds is 9. The lowest BCUT2D eigenvalue weighted by molar-refractivity contribution is 0.194. The molecule has 0 spiro atoms. The van der Waals surface area contributed by atoms with Gasteiger partial charge in [0.25, 0.3) is 0 Å². The van der Waals surface area contributed by atoms with Crippen LogP contribution in [-0.2, 0) is 4.74 Å². The van der Waals surface area contributed by atoms with E-state index in [9.17, 15) is 0 Å². The molecule has 0 aromatic carbocycles. The molecule has 0 aliphatic heterocycles. The maximum absolute atomic E-state index is 5.88. The molecule has 0 radical (unpaired) electrons. The topological polar surface area (TPSA) is 47.3 Å². The summed E-state index contributed by atoms with van der Waals surface area (Å²) in [4.78, 5) is 0. The Morgan fingerprint density at radius 3 is 2.77 bits per heavy atom. The monoisotopic (exact) mass is 188 g/mol. The Labute approximate surface area is 82.0 Å². The Kier molecular flexibility index (Phi) is 9.87. The van der Waals surface area contributed by atoms with E-state index in [1.54, 1.807) is 7.11 Å². The van der Waals surface area contributed by atoms with Gasteiger partial charge in [-0.3, -0.25) is 0 Å². The van der Waals surface area contributed by atoms with Gasteiger partial charge in [-0.1, -0.05) is 19.8 Å². The Bertz CT molecular complexity index is 98.9. The van der Waals surface area contributed by atoms with Gasteiger partial charge in [0, 0.05) is 26.3 Å². The third-order valence-corrected chi connectivity index (χ3v) is 2.04. The lowest BCUT2D eigenvalue weighted by Gasteiger charge is -2.11. The summed E-state index contributed by atoms with van der Waals surface area (Å²) >= 11 is 0. The van der Waals surface area contributed by atoms with Crippen molar-refractivity contribution in [2.75, 3.05) is 26.8 Å². The molecule has 80 valence electrons. The molecule has 3 nitrogen and oxygen atoms in total. The summed E-state index contributed by atoms with van der Waals surface area (Å²) in [7, 11) is 1.73. The molecular weight excluding hydrogens is 164 g/mol. The van der Waals surface area contributed by atoms with Gasteiger partial charge in [-0.25, -0.2) is 0 Å². The third-order valence-electron chi connectivity index (χ3n) is 2.04. The molecule has 1 unspecified atom stereocenters. The van der Waals surface area contributed by atoms with Crippen LogP contribution in [0.25, 0.3) is 0 Å². The van der Waals surface area contributed by atoms with Gasteiger partial charge in [0.1, 0.15) is 0 Å². The van der Waals surface area contributed by atoms with Crippen LogP contribution >= 0.6 is 0 Å². The first-order valence-corrected chi connectivity index (χ1v) is 5.26. The van der Waals surface area contributed by atoms with Crippen LogP contribution < -0.4 is 11.1 Å². The fourth-order valence-electron chi connectivity index (χ4n) is 1.20. The van der Waals surface area contributed by atoms with Crippen LogP contribution in [0.2, 0.25) is 0 Å². The second-order valence-corrected chi connectivity index (χ2v) is 3.45. The van der Waals surface area contributed by atoms with Gasteiger partial charge >= 0.3 is 0 Å². The molecule has 1 atom stereocenters. The van der Waals surface area contributed by atoms with Crippen LogP contribution in [0.5, 0.6) is 0 Å². The summed E-state index contributed by atoms with van der Waals surface area (Å²) in [6.45, 7) is 4.97. The minimum atomic E-state index is 0.322. The molecule has 0 aromatic heterocycles. The van der Waals surface area contributed by atoms with Crippen LogP contribution in [0, 0.1) is 0 Å². The number of methoxy groups -OCH3 is 1. The van der Waals surface area contributed by atoms with E-state index in [2.05, 4.69) is 12.2 Å². The molecule has 3 N–H and O–H groups in total. The van der Waals surface area contributed by atoms with Crippen molar-refractivity contribution in [1.29, 1.82) is 0 Å². The first-order chi connectivity index (χ1) is 6.31. The number of hydrogen-bond acceptors (Lipinski definition) is 3. The highest BCUT2D eigenvalue weighted by Crippen LogP contribution is 1.96. The minimum absolute atomic E-state index is 0.322. The first kappa shape index (κ1) is 12.9. The van der Waals surface area contributed by atoms with Crippen molar-refractivity contribution in [3.63, 3.8) is 0 Å². The molecule has 3 heteroatoms. The Morgan fingerprint density at radius 2 is 2.15 bits per heavy atom. The Hall–Kier alpha value is -0.120. The number of nitrogens with two attached hydrogens (primary N) is 1. The van der Waals surface area contributed by atoms with Crippen molar-refractivity contribution < 1.29 is 4.74 Å². The van der Waals surface area contributed by atoms with Crippen molar-refractivity contribution in [2.45, 2.75) is 38.6 Å². The second-order valence-electron chi connectivity index (χ2n) is 3.45. The molecule has 0 heterocycles. The van der Waals surface area contributed by atoms with E-state index in [-0.39, 0.29) is 0 Å². The highest BCUT2D eigenvalue weighted by Gasteiger charge is 1.99. The zero-order valence-electron chi connectivity index (χ0n) is 9.01. The van der Waals surface area contributed by atoms with E-state index in [1.807, 2.05) is 0 Å². The Balaban J connectivity index is 3.03. The van der Waals surface area contributed by atoms with E-state index in [4.69, 9.17) is 10.5 Å². The summed E-state index contributed by atoms with van der Waals surface area (Å²) in [5.74, 6) is 0. The van der Waals surface area contributed by atoms with Crippen LogP contribution in [0.3, 0.4) is 0 Å². The van der Waals surface area contributed by atoms with Gasteiger partial charge in [-0.2, -0.15) is 0 Å². The summed E-state index contributed by atoms with van der Waals surface area (Å²) in [5.41, 5.74) is 5.88. The summed E-state index contributed by atoms with van der Waals surface area (Å²) in [6.07, 6.45) is 4.67. The average Bonchev–Trinajstić information content (AvgIpc) is 2.14. The van der Waals surface area contributed by atoms with Crippen LogP contribution in [0.1, 0.15) is 32.6 Å². The van der Waals surface area contributed by atoms with Gasteiger partial charge in [0.05, 0.1) is 0 Å². The fourth-order valence-corrected chi connectivity index (χ4v) is 1.20. The smallest absolute Gasteiger partial charge is 0.0474 e. The summed E-state index contributed by atoms with van der Waals surface area (Å²) < 4.78 is 4.94. The van der Waals surface area contributed by atoms with E-state index < -0.39 is 0 Å².